The monoisotopic (exact) mass is 2260 g/mol. The highest BCUT2D eigenvalue weighted by molar-refractivity contribution is 7.10. The number of nitrogens with zero attached hydrogens (tertiary/aromatic N) is 14. The minimum Gasteiger partial charge on any atom is -0.293 e. The summed E-state index contributed by atoms with van der Waals surface area (Å²) in [6.07, 6.45) is 20.5. The summed E-state index contributed by atoms with van der Waals surface area (Å²) in [6, 6.07) is 43.2. The van der Waals surface area contributed by atoms with Crippen LogP contribution in [0.15, 0.2) is 164 Å². The van der Waals surface area contributed by atoms with E-state index >= 15 is 0 Å². The maximum absolute atomic E-state index is 13.8. The van der Waals surface area contributed by atoms with Crippen LogP contribution in [0.5, 0.6) is 0 Å². The van der Waals surface area contributed by atoms with Gasteiger partial charge in [0.2, 0.25) is 0 Å². The lowest BCUT2D eigenvalue weighted by Gasteiger charge is -2.20. The van der Waals surface area contributed by atoms with Crippen molar-refractivity contribution < 1.29 is 64.3 Å². The molecule has 7 aromatic heterocycles. The van der Waals surface area contributed by atoms with E-state index in [1.165, 1.54) is 92.2 Å². The van der Waals surface area contributed by atoms with Crippen LogP contribution in [0.1, 0.15) is 332 Å². The van der Waals surface area contributed by atoms with Gasteiger partial charge in [-0.25, -0.2) is 30.7 Å². The van der Waals surface area contributed by atoms with E-state index in [9.17, 15) is 64.3 Å². The van der Waals surface area contributed by atoms with Gasteiger partial charge in [0.25, 0.3) is 0 Å². The van der Waals surface area contributed by atoms with E-state index in [0.29, 0.717) is 172 Å². The second-order valence-corrected chi connectivity index (χ2v) is 44.6. The van der Waals surface area contributed by atoms with Crippen LogP contribution in [0.25, 0.3) is 11.3 Å². The molecule has 0 unspecified atom stereocenters. The van der Waals surface area contributed by atoms with Crippen molar-refractivity contribution in [1.29, 1.82) is 0 Å². The number of rotatable bonds is 34. The van der Waals surface area contributed by atoms with Crippen molar-refractivity contribution in [3.05, 3.63) is 342 Å². The highest BCUT2D eigenvalue weighted by Crippen LogP contribution is 2.46. The van der Waals surface area contributed by atoms with Crippen molar-refractivity contribution in [3.63, 3.8) is 0 Å². The Bertz CT molecular complexity index is 6890. The van der Waals surface area contributed by atoms with Gasteiger partial charge in [0.05, 0.1) is 34.2 Å². The minimum absolute atomic E-state index is 0.0140. The Hall–Kier alpha value is -10.4. The third kappa shape index (κ3) is 31.4. The van der Waals surface area contributed by atoms with Crippen LogP contribution >= 0.6 is 150 Å². The number of hydrogen-bond acceptors (Lipinski definition) is 28. The molecule has 0 amide bonds. The molecular weight excluding hydrogens is 2160 g/mol. The molecule has 0 bridgehead atoms. The summed E-state index contributed by atoms with van der Waals surface area (Å²) < 4.78 is 123. The molecule has 0 N–H and O–H groups in total. The summed E-state index contributed by atoms with van der Waals surface area (Å²) in [4.78, 5) is 90.6. The average Bonchev–Trinajstić information content (AvgIpc) is 1.67. The van der Waals surface area contributed by atoms with Crippen LogP contribution in [0, 0.1) is 40.7 Å². The second-order valence-electron chi connectivity index (χ2n) is 36.8. The lowest BCUT2D eigenvalue weighted by atomic mass is 9.86. The van der Waals surface area contributed by atoms with Crippen LogP contribution in [0.2, 0.25) is 30.1 Å². The van der Waals surface area contributed by atoms with Crippen molar-refractivity contribution in [2.45, 2.75) is 242 Å². The second kappa shape index (κ2) is 55.1. The Labute approximate surface area is 909 Å². The van der Waals surface area contributed by atoms with E-state index < -0.39 is 17.5 Å². The summed E-state index contributed by atoms with van der Waals surface area (Å²) in [7, 11) is 0. The van der Waals surface area contributed by atoms with Crippen molar-refractivity contribution in [2.24, 2.45) is 0 Å². The largest absolute Gasteiger partial charge is 0.293 e. The molecule has 7 heterocycles. The van der Waals surface area contributed by atoms with Crippen LogP contribution in [0.4, 0.5) is 30.7 Å². The number of ketones is 7. The minimum atomic E-state index is -0.609. The van der Waals surface area contributed by atoms with Gasteiger partial charge < -0.3 is 0 Å². The number of carbonyl (C=O) groups excluding carboxylic acids is 7. The van der Waals surface area contributed by atoms with Gasteiger partial charge in [-0.3, -0.25) is 33.6 Å². The molecule has 15 aromatic rings. The molecule has 148 heavy (non-hydrogen) atoms. The molecule has 0 atom stereocenters. The third-order valence-electron chi connectivity index (χ3n) is 25.3. The lowest BCUT2D eigenvalue weighted by molar-refractivity contribution is 0.0976. The number of carbonyl (C=O) groups is 7. The highest BCUT2D eigenvalue weighted by atomic mass is 35.5. The van der Waals surface area contributed by atoms with Gasteiger partial charge in [0, 0.05) is 143 Å². The molecule has 5 aliphatic rings. The maximum atomic E-state index is 13.8. The number of Topliss-reactive ketones (excluding diaryl/α,β-unsaturated/α-hetero) is 7. The Balaban J connectivity index is 0.000000136. The molecule has 0 spiro atoms. The zero-order chi connectivity index (χ0) is 105. The molecule has 21 nitrogen and oxygen atoms in total. The number of aryl methyl sites for hydroxylation is 1. The topological polar surface area (TPSA) is 300 Å². The number of halogens is 13. The fraction of sp³-hybridized carbons (Fsp3) is 0.355. The van der Waals surface area contributed by atoms with E-state index in [0.717, 1.165) is 173 Å². The van der Waals surface area contributed by atoms with Gasteiger partial charge in [-0.15, -0.1) is 35.7 Å². The predicted octanol–water partition coefficient (Wildman–Crippen LogP) is 30.7. The fourth-order valence-electron chi connectivity index (χ4n) is 16.8. The molecule has 5 aliphatic carbocycles. The molecule has 5 fully saturated rings. The average molecular weight is 2260 g/mol. The smallest absolute Gasteiger partial charge is 0.177 e. The molecule has 772 valence electrons. The van der Waals surface area contributed by atoms with Crippen molar-refractivity contribution >= 4 is 191 Å². The molecule has 5 saturated carbocycles. The Morgan fingerprint density at radius 2 is 0.500 bits per heavy atom. The number of hydrogen-bond donors (Lipinski definition) is 0. The van der Waals surface area contributed by atoms with E-state index in [1.807, 2.05) is 51.1 Å². The Morgan fingerprint density at radius 3 is 0.838 bits per heavy atom. The molecule has 0 aliphatic heterocycles. The zero-order valence-electron chi connectivity index (χ0n) is 80.4. The first-order valence-corrected chi connectivity index (χ1v) is 55.9. The Kier molecular flexibility index (Phi) is 42.1. The summed E-state index contributed by atoms with van der Waals surface area (Å²) in [5, 5.41) is 31.2. The van der Waals surface area contributed by atoms with E-state index in [1.54, 1.807) is 84.9 Å². The Morgan fingerprint density at radius 1 is 0.257 bits per heavy atom. The van der Waals surface area contributed by atoms with Gasteiger partial charge in [-0.1, -0.05) is 239 Å². The SMILES string of the molecule is CC(C)(C)c1nnsc1C(=O)CCc1c(F)cccc1Cl.O=C(CCc1c(Cl)cccc1Cl)c1snnc1C1CC1.O=C(CCc1c(F)cccc1Cl)c1snnc1-c1ccccc1.O=C(CCc1c(F)cccc1Cl)c1snnc1C1CCCC1.O=C(CCc1c(F)cccc1Cl)c1snnc1C1CCCCC1.O=C(CCc1c(F)cccc1F)c1snnc1C1CC1.O=C(CCc1ccccc1F)c1snnc1C1CC1. The van der Waals surface area contributed by atoms with Crippen molar-refractivity contribution in [3.8, 4) is 11.3 Å². The van der Waals surface area contributed by atoms with Crippen LogP contribution in [-0.2, 0) is 50.4 Å². The summed E-state index contributed by atoms with van der Waals surface area (Å²) >= 11 is 44.1. The summed E-state index contributed by atoms with van der Waals surface area (Å²) in [5.74, 6) is -1.30. The molecule has 0 radical (unpaired) electrons. The highest BCUT2D eigenvalue weighted by Gasteiger charge is 2.37. The zero-order valence-corrected chi connectivity index (χ0v) is 90.6. The van der Waals surface area contributed by atoms with Gasteiger partial charge in [-0.05, 0) is 280 Å². The summed E-state index contributed by atoms with van der Waals surface area (Å²) in [6.45, 7) is 5.94. The summed E-state index contributed by atoms with van der Waals surface area (Å²) in [5.41, 5.74) is 8.95. The van der Waals surface area contributed by atoms with E-state index in [2.05, 4.69) is 67.1 Å². The molecule has 41 heteroatoms. The first-order valence-electron chi connectivity index (χ1n) is 48.2. The maximum Gasteiger partial charge on any atom is 0.177 e. The van der Waals surface area contributed by atoms with Gasteiger partial charge >= 0.3 is 0 Å². The van der Waals surface area contributed by atoms with Crippen LogP contribution in [0.3, 0.4) is 0 Å². The fourth-order valence-corrected chi connectivity index (χ4v) is 23.4. The first-order chi connectivity index (χ1) is 71.4. The molecular formula is C107H99Cl6F7N14O7S7. The molecule has 20 rings (SSSR count). The predicted molar refractivity (Wildman–Crippen MR) is 570 cm³/mol. The number of benzene rings is 8. The van der Waals surface area contributed by atoms with Crippen molar-refractivity contribution in [1.82, 2.24) is 67.1 Å². The van der Waals surface area contributed by atoms with Crippen LogP contribution in [-0.4, -0.2) is 108 Å². The van der Waals surface area contributed by atoms with Gasteiger partial charge in [-0.2, -0.15) is 0 Å². The lowest BCUT2D eigenvalue weighted by Crippen LogP contribution is -2.16. The number of aromatic nitrogens is 14. The van der Waals surface area contributed by atoms with Gasteiger partial charge in [0.1, 0.15) is 80.6 Å². The molecule has 0 saturated heterocycles. The van der Waals surface area contributed by atoms with Gasteiger partial charge in [0.15, 0.2) is 40.5 Å². The molecule has 8 aromatic carbocycles. The normalized spacial score (nSPS) is 13.8. The van der Waals surface area contributed by atoms with E-state index in [4.69, 9.17) is 69.6 Å². The van der Waals surface area contributed by atoms with Crippen molar-refractivity contribution in [2.75, 3.05) is 0 Å². The van der Waals surface area contributed by atoms with E-state index in [-0.39, 0.29) is 126 Å². The van der Waals surface area contributed by atoms with Crippen LogP contribution < -0.4 is 0 Å². The first kappa shape index (κ1) is 113. The standard InChI is InChI=1S/C17H18ClFN2OS.C17H12ClFN2OS.C16H16ClFN2OS.C15H16ClFN2OS.C14H12Cl2N2OS.C14H12F2N2OS.C14H13FN2OS/c2*18-13-7-4-8-14(19)12(13)9-10-15(22)17-16(20-21-23-17)11-5-2-1-3-6-11;17-12-6-3-7-13(18)11(12)8-9-14(21)16-15(19-20-22-16)10-4-1-2-5-10;1-15(2,3)14-13(21-19-18-14)12(20)8-7-9-10(16)5-4-6-11(9)17;2*15-10-2-1-3-11(16)9(10)6-7-12(19)14-13(8-4-5-8)17-18-20-14;15-11-4-2-1-3-9(11)7-8-12(18)14-13(10-5-6-10)16-17-19-14/h4,7-8,11H,1-3,5-6,9-10H2;1-8H,9-10H2;3,6-7,10H,1-2,4-5,8-9H2;4-6H,7-8H2,1-3H3;2*1-3,8H,4-7H2;1-4,10H,5-8H2. The quantitative estimate of drug-likeness (QED) is 0.0267. The third-order valence-corrected chi connectivity index (χ3v) is 32.8.